The quantitative estimate of drug-likeness (QED) is 0.257. The van der Waals surface area contributed by atoms with E-state index in [0.717, 1.165) is 23.1 Å². The molecule has 0 saturated heterocycles. The van der Waals surface area contributed by atoms with Gasteiger partial charge in [-0.25, -0.2) is 13.2 Å². The lowest BCUT2D eigenvalue weighted by Gasteiger charge is -2.18. The van der Waals surface area contributed by atoms with Gasteiger partial charge in [-0.15, -0.1) is 0 Å². The Hall–Kier alpha value is -3.76. The fraction of sp³-hybridized carbons (Fsp3) is 0.250. The molecule has 0 aliphatic rings. The second-order valence-corrected chi connectivity index (χ2v) is 8.86. The molecule has 0 spiro atoms. The Morgan fingerprint density at radius 1 is 0.914 bits per heavy atom. The number of ether oxygens (including phenoxy) is 2. The minimum atomic E-state index is -2.89. The number of unbranched alkanes of at least 4 members (excludes halogenated alkanes) is 1. The van der Waals surface area contributed by atoms with Crippen LogP contribution in [0.15, 0.2) is 72.8 Å². The summed E-state index contributed by atoms with van der Waals surface area (Å²) in [6.07, 6.45) is 3.45. The van der Waals surface area contributed by atoms with E-state index in [1.54, 1.807) is 24.3 Å². The molecule has 0 heterocycles. The van der Waals surface area contributed by atoms with Gasteiger partial charge in [-0.2, -0.15) is 0 Å². The zero-order valence-corrected chi connectivity index (χ0v) is 20.8. The van der Waals surface area contributed by atoms with Gasteiger partial charge in [0.2, 0.25) is 10.9 Å². The lowest BCUT2D eigenvalue weighted by atomic mass is 10.1. The normalized spacial score (nSPS) is 10.4. The second-order valence-electron chi connectivity index (χ2n) is 7.91. The first kappa shape index (κ1) is 25.9. The summed E-state index contributed by atoms with van der Waals surface area (Å²) in [7, 11) is -1.62. The largest absolute Gasteiger partial charge is 0.482 e. The topological polar surface area (TPSA) is 72.9 Å². The molecule has 0 unspecified atom stereocenters. The van der Waals surface area contributed by atoms with Crippen LogP contribution in [-0.2, 0) is 33.4 Å². The summed E-state index contributed by atoms with van der Waals surface area (Å²) < 4.78 is 35.1. The number of hydrogen-bond acceptors (Lipinski definition) is 5. The molecule has 0 N–H and O–H groups in total. The Kier molecular flexibility index (Phi) is 9.76. The van der Waals surface area contributed by atoms with Gasteiger partial charge in [0.15, 0.2) is 6.61 Å². The van der Waals surface area contributed by atoms with E-state index in [1.165, 1.54) is 29.8 Å². The zero-order chi connectivity index (χ0) is 25.0. The van der Waals surface area contributed by atoms with Gasteiger partial charge < -0.3 is 9.47 Å². The van der Waals surface area contributed by atoms with E-state index in [-0.39, 0.29) is 13.2 Å². The van der Waals surface area contributed by atoms with Crippen molar-refractivity contribution in [2.75, 3.05) is 18.0 Å². The van der Waals surface area contributed by atoms with E-state index in [1.807, 2.05) is 36.4 Å². The van der Waals surface area contributed by atoms with Crippen molar-refractivity contribution in [3.63, 3.8) is 0 Å². The summed E-state index contributed by atoms with van der Waals surface area (Å²) in [4.78, 5) is 11.3. The summed E-state index contributed by atoms with van der Waals surface area (Å²) >= 11 is 0. The lowest BCUT2D eigenvalue weighted by Crippen LogP contribution is -2.20. The molecule has 3 aromatic rings. The highest BCUT2D eigenvalue weighted by Gasteiger charge is 2.12. The van der Waals surface area contributed by atoms with Crippen molar-refractivity contribution >= 4 is 22.5 Å². The molecule has 0 saturated carbocycles. The minimum Gasteiger partial charge on any atom is -0.482 e. The van der Waals surface area contributed by atoms with E-state index in [2.05, 4.69) is 35.6 Å². The van der Waals surface area contributed by atoms with Crippen molar-refractivity contribution in [2.45, 2.75) is 32.7 Å². The maximum Gasteiger partial charge on any atom is 0.343 e. The molecular weight excluding hydrogens is 462 g/mol. The number of rotatable bonds is 10. The van der Waals surface area contributed by atoms with Crippen LogP contribution in [0.4, 0.5) is 5.69 Å². The molecule has 6 nitrogen and oxygen atoms in total. The van der Waals surface area contributed by atoms with Gasteiger partial charge >= 0.3 is 5.97 Å². The molecule has 3 aromatic carbocycles. The molecule has 0 fully saturated rings. The van der Waals surface area contributed by atoms with Gasteiger partial charge in [-0.3, -0.25) is 4.31 Å². The van der Waals surface area contributed by atoms with E-state index >= 15 is 0 Å². The Bertz CT molecular complexity index is 1250. The highest BCUT2D eigenvalue weighted by molar-refractivity contribution is 7.74. The number of hydrogen-bond donors (Lipinski definition) is 1. The second kappa shape index (κ2) is 13.2. The first-order chi connectivity index (χ1) is 17.0. The van der Waals surface area contributed by atoms with Crippen molar-refractivity contribution in [3.8, 4) is 17.6 Å². The number of carbonyl (C=O) groups excluding carboxylic acids is 1. The Morgan fingerprint density at radius 3 is 2.11 bits per heavy atom. The molecule has 3 rings (SSSR count). The minimum absolute atomic E-state index is 0.159. The summed E-state index contributed by atoms with van der Waals surface area (Å²) in [5.74, 6) is 6.19. The van der Waals surface area contributed by atoms with Crippen LogP contribution in [0.5, 0.6) is 5.75 Å². The molecule has 0 aliphatic carbocycles. The first-order valence-corrected chi connectivity index (χ1v) is 12.5. The standard InChI is InChI=1S/C28H29NO5S/c1-3-4-6-22-9-11-23(12-10-22)13-14-24-15-17-25(18-16-24)20-29(35(31)32)26-7-5-8-27(19-26)34-21-28(30)33-2/h5,7-12,15-19,35H,3-4,6,20-21H2,1-2H3. The molecule has 0 aliphatic heterocycles. The third-order valence-electron chi connectivity index (χ3n) is 5.31. The fourth-order valence-corrected chi connectivity index (χ4v) is 3.92. The lowest BCUT2D eigenvalue weighted by molar-refractivity contribution is -0.142. The monoisotopic (exact) mass is 491 g/mol. The van der Waals surface area contributed by atoms with Crippen molar-refractivity contribution in [1.29, 1.82) is 0 Å². The number of anilines is 1. The van der Waals surface area contributed by atoms with Crippen LogP contribution in [0.2, 0.25) is 0 Å². The fourth-order valence-electron chi connectivity index (χ4n) is 3.32. The molecule has 0 atom stereocenters. The number of esters is 1. The van der Waals surface area contributed by atoms with E-state index in [0.29, 0.717) is 11.4 Å². The van der Waals surface area contributed by atoms with E-state index in [9.17, 15) is 13.2 Å². The molecule has 7 heteroatoms. The summed E-state index contributed by atoms with van der Waals surface area (Å²) in [5, 5.41) is 0. The van der Waals surface area contributed by atoms with Gasteiger partial charge in [0.25, 0.3) is 0 Å². The van der Waals surface area contributed by atoms with Crippen LogP contribution < -0.4 is 9.04 Å². The van der Waals surface area contributed by atoms with E-state index < -0.39 is 16.9 Å². The number of benzene rings is 3. The molecule has 0 bridgehead atoms. The number of thiol groups is 1. The molecule has 0 amide bonds. The van der Waals surface area contributed by atoms with Gasteiger partial charge in [0.1, 0.15) is 5.75 Å². The van der Waals surface area contributed by atoms with Crippen molar-refractivity contribution in [1.82, 2.24) is 0 Å². The third kappa shape index (κ3) is 8.20. The van der Waals surface area contributed by atoms with Gasteiger partial charge in [-0.1, -0.05) is 55.5 Å². The SMILES string of the molecule is CCCCc1ccc(C#Cc2ccc(CN(c3cccc(OCC(=O)OC)c3)[SH](=O)=O)cc2)cc1. The smallest absolute Gasteiger partial charge is 0.343 e. The van der Waals surface area contributed by atoms with Crippen LogP contribution >= 0.6 is 0 Å². The summed E-state index contributed by atoms with van der Waals surface area (Å²) in [6, 6.07) is 22.4. The van der Waals surface area contributed by atoms with Gasteiger partial charge in [0, 0.05) is 17.2 Å². The Morgan fingerprint density at radius 2 is 1.54 bits per heavy atom. The molecular formula is C28H29NO5S. The number of aryl methyl sites for hydroxylation is 1. The van der Waals surface area contributed by atoms with Crippen LogP contribution in [0, 0.1) is 11.8 Å². The zero-order valence-electron chi connectivity index (χ0n) is 19.9. The highest BCUT2D eigenvalue weighted by Crippen LogP contribution is 2.23. The highest BCUT2D eigenvalue weighted by atomic mass is 32.2. The number of nitrogens with zero attached hydrogens (tertiary/aromatic N) is 1. The Labute approximate surface area is 208 Å². The van der Waals surface area contributed by atoms with Crippen molar-refractivity contribution < 1.29 is 22.7 Å². The average molecular weight is 492 g/mol. The summed E-state index contributed by atoms with van der Waals surface area (Å²) in [6.45, 7) is 2.09. The van der Waals surface area contributed by atoms with Crippen molar-refractivity contribution in [2.24, 2.45) is 0 Å². The Balaban J connectivity index is 1.67. The van der Waals surface area contributed by atoms with Crippen LogP contribution in [0.25, 0.3) is 0 Å². The number of methoxy groups -OCH3 is 1. The van der Waals surface area contributed by atoms with Gasteiger partial charge in [0.05, 0.1) is 19.3 Å². The van der Waals surface area contributed by atoms with Crippen molar-refractivity contribution in [3.05, 3.63) is 95.1 Å². The van der Waals surface area contributed by atoms with Crippen LogP contribution in [-0.4, -0.2) is 28.1 Å². The first-order valence-electron chi connectivity index (χ1n) is 11.4. The molecule has 182 valence electrons. The van der Waals surface area contributed by atoms with Crippen LogP contribution in [0.3, 0.4) is 0 Å². The van der Waals surface area contributed by atoms with E-state index in [4.69, 9.17) is 4.74 Å². The maximum absolute atomic E-state index is 12.0. The van der Waals surface area contributed by atoms with Crippen LogP contribution in [0.1, 0.15) is 42.0 Å². The summed E-state index contributed by atoms with van der Waals surface area (Å²) in [5.41, 5.74) is 4.38. The molecule has 35 heavy (non-hydrogen) atoms. The molecule has 0 radical (unpaired) electrons. The maximum atomic E-state index is 12.0. The predicted octanol–water partition coefficient (Wildman–Crippen LogP) is 4.51. The molecule has 0 aromatic heterocycles. The predicted molar refractivity (Wildman–Crippen MR) is 138 cm³/mol. The number of carbonyl (C=O) groups is 1. The van der Waals surface area contributed by atoms with Gasteiger partial charge in [-0.05, 0) is 60.4 Å². The third-order valence-corrected chi connectivity index (χ3v) is 6.07. The average Bonchev–Trinajstić information content (AvgIpc) is 2.89.